The van der Waals surface area contributed by atoms with Crippen LogP contribution >= 0.6 is 0 Å². The van der Waals surface area contributed by atoms with Crippen molar-refractivity contribution in [3.05, 3.63) is 59.4 Å². The molecule has 3 atom stereocenters. The molecule has 7 heteroatoms. The molecule has 7 nitrogen and oxygen atoms in total. The molecule has 3 N–H and O–H groups in total. The van der Waals surface area contributed by atoms with E-state index >= 15 is 0 Å². The highest BCUT2D eigenvalue weighted by atomic mass is 16.6. The minimum absolute atomic E-state index is 0.203. The first-order valence-corrected chi connectivity index (χ1v) is 10.7. The van der Waals surface area contributed by atoms with Crippen molar-refractivity contribution < 1.29 is 9.84 Å². The Morgan fingerprint density at radius 3 is 2.73 bits per heavy atom. The maximum atomic E-state index is 10.2. The molecule has 0 amide bonds. The second-order valence-corrected chi connectivity index (χ2v) is 8.45. The molecule has 1 aliphatic carbocycles. The van der Waals surface area contributed by atoms with E-state index in [0.29, 0.717) is 18.6 Å². The van der Waals surface area contributed by atoms with Gasteiger partial charge in [0, 0.05) is 29.4 Å². The summed E-state index contributed by atoms with van der Waals surface area (Å²) in [5.41, 5.74) is 4.08. The van der Waals surface area contributed by atoms with Crippen molar-refractivity contribution in [1.29, 1.82) is 0 Å². The van der Waals surface area contributed by atoms with Gasteiger partial charge in [-0.05, 0) is 37.7 Å². The van der Waals surface area contributed by atoms with Crippen LogP contribution in [0.25, 0.3) is 5.65 Å². The van der Waals surface area contributed by atoms with Gasteiger partial charge in [0.15, 0.2) is 5.65 Å². The second kappa shape index (κ2) is 9.12. The van der Waals surface area contributed by atoms with Gasteiger partial charge in [-0.15, -0.1) is 0 Å². The Morgan fingerprint density at radius 1 is 1.20 bits per heavy atom. The third kappa shape index (κ3) is 4.80. The van der Waals surface area contributed by atoms with E-state index in [1.165, 1.54) is 0 Å². The molecule has 2 heterocycles. The minimum Gasteiger partial charge on any atom is -0.367 e. The first kappa shape index (κ1) is 20.8. The predicted molar refractivity (Wildman–Crippen MR) is 117 cm³/mol. The molecule has 1 fully saturated rings. The van der Waals surface area contributed by atoms with Crippen molar-refractivity contribution in [2.24, 2.45) is 0 Å². The number of rotatable bonds is 8. The molecule has 0 bridgehead atoms. The van der Waals surface area contributed by atoms with E-state index in [4.69, 9.17) is 9.72 Å². The van der Waals surface area contributed by atoms with Gasteiger partial charge in [-0.3, -0.25) is 5.32 Å². The Hall–Kier alpha value is -2.48. The number of aliphatic hydroxyl groups is 1. The smallest absolute Gasteiger partial charge is 0.214 e. The van der Waals surface area contributed by atoms with Crippen LogP contribution in [0.1, 0.15) is 55.8 Å². The van der Waals surface area contributed by atoms with Crippen LogP contribution in [0.3, 0.4) is 0 Å². The Kier molecular flexibility index (Phi) is 6.32. The normalized spacial score (nSPS) is 20.2. The predicted octanol–water partition coefficient (Wildman–Crippen LogP) is 3.58. The highest BCUT2D eigenvalue weighted by Gasteiger charge is 2.27. The lowest BCUT2D eigenvalue weighted by Crippen LogP contribution is -2.39. The van der Waals surface area contributed by atoms with Crippen molar-refractivity contribution >= 4 is 11.5 Å². The van der Waals surface area contributed by atoms with E-state index < -0.39 is 6.41 Å². The van der Waals surface area contributed by atoms with E-state index in [1.807, 2.05) is 48.0 Å². The summed E-state index contributed by atoms with van der Waals surface area (Å²) in [6.07, 6.45) is 3.80. The number of hydrogen-bond donors (Lipinski definition) is 3. The van der Waals surface area contributed by atoms with Gasteiger partial charge in [-0.25, -0.2) is 4.98 Å². The Morgan fingerprint density at radius 2 is 1.97 bits per heavy atom. The van der Waals surface area contributed by atoms with Crippen LogP contribution in [0.4, 0.5) is 5.82 Å². The van der Waals surface area contributed by atoms with Crippen LogP contribution in [0.15, 0.2) is 42.6 Å². The number of hydrogen-bond acceptors (Lipinski definition) is 6. The first-order chi connectivity index (χ1) is 14.5. The van der Waals surface area contributed by atoms with Gasteiger partial charge >= 0.3 is 0 Å². The summed E-state index contributed by atoms with van der Waals surface area (Å²) in [6.45, 7) is 6.73. The number of aromatic nitrogens is 3. The number of anilines is 1. The van der Waals surface area contributed by atoms with Crippen LogP contribution in [0.5, 0.6) is 0 Å². The third-order valence-corrected chi connectivity index (χ3v) is 5.67. The van der Waals surface area contributed by atoms with Crippen LogP contribution in [0, 0.1) is 6.92 Å². The molecule has 1 aromatic carbocycles. The quantitative estimate of drug-likeness (QED) is 0.493. The zero-order valence-corrected chi connectivity index (χ0v) is 17.9. The molecule has 1 saturated carbocycles. The van der Waals surface area contributed by atoms with Gasteiger partial charge in [0.05, 0.1) is 12.8 Å². The SMILES string of the molecule is Cc1cnn2c(N[C@@H]3CC[C@@H](NC(O)OCc4ccccc4)C3)cc(C(C)C)nc12. The summed E-state index contributed by atoms with van der Waals surface area (Å²) in [6, 6.07) is 12.5. The summed E-state index contributed by atoms with van der Waals surface area (Å²) in [4.78, 5) is 4.77. The van der Waals surface area contributed by atoms with E-state index in [9.17, 15) is 5.11 Å². The average molecular weight is 410 g/mol. The number of nitrogens with one attached hydrogen (secondary N) is 2. The fourth-order valence-electron chi connectivity index (χ4n) is 3.96. The molecule has 30 heavy (non-hydrogen) atoms. The Bertz CT molecular complexity index is 972. The lowest BCUT2D eigenvalue weighted by Gasteiger charge is -2.20. The summed E-state index contributed by atoms with van der Waals surface area (Å²) < 4.78 is 7.44. The standard InChI is InChI=1S/C23H31N5O2/c1-15(2)20-12-21(28-22(27-20)16(3)13-24-28)25-18-9-10-19(11-18)26-23(29)30-14-17-7-5-4-6-8-17/h4-8,12-13,15,18-19,23,25-26,29H,9-11,14H2,1-3H3/t18-,19-,23?/m1/s1. The average Bonchev–Trinajstić information content (AvgIpc) is 3.33. The molecular formula is C23H31N5O2. The van der Waals surface area contributed by atoms with Crippen LogP contribution in [-0.2, 0) is 11.3 Å². The summed E-state index contributed by atoms with van der Waals surface area (Å²) in [5, 5.41) is 21.6. The first-order valence-electron chi connectivity index (χ1n) is 10.7. The van der Waals surface area contributed by atoms with Crippen molar-refractivity contribution in [3.63, 3.8) is 0 Å². The van der Waals surface area contributed by atoms with E-state index in [0.717, 1.165) is 47.5 Å². The van der Waals surface area contributed by atoms with Crippen molar-refractivity contribution in [3.8, 4) is 0 Å². The van der Waals surface area contributed by atoms with E-state index in [2.05, 4.69) is 35.6 Å². The van der Waals surface area contributed by atoms with Gasteiger partial charge in [0.25, 0.3) is 0 Å². The molecule has 2 aromatic heterocycles. The topological polar surface area (TPSA) is 83.7 Å². The summed E-state index contributed by atoms with van der Waals surface area (Å²) in [7, 11) is 0. The summed E-state index contributed by atoms with van der Waals surface area (Å²) in [5.74, 6) is 1.32. The molecule has 0 saturated heterocycles. The Labute approximate surface area is 177 Å². The van der Waals surface area contributed by atoms with Gasteiger partial charge in [-0.2, -0.15) is 9.61 Å². The summed E-state index contributed by atoms with van der Waals surface area (Å²) >= 11 is 0. The van der Waals surface area contributed by atoms with Crippen molar-refractivity contribution in [2.75, 3.05) is 5.32 Å². The molecule has 160 valence electrons. The van der Waals surface area contributed by atoms with Gasteiger partial charge in [-0.1, -0.05) is 44.2 Å². The highest BCUT2D eigenvalue weighted by Crippen LogP contribution is 2.26. The number of fused-ring (bicyclic) bond motifs is 1. The number of aliphatic hydroxyl groups excluding tert-OH is 1. The van der Waals surface area contributed by atoms with Crippen LogP contribution in [-0.4, -0.2) is 38.2 Å². The van der Waals surface area contributed by atoms with Crippen LogP contribution < -0.4 is 10.6 Å². The Balaban J connectivity index is 1.35. The van der Waals surface area contributed by atoms with Crippen molar-refractivity contribution in [1.82, 2.24) is 19.9 Å². The fraction of sp³-hybridized carbons (Fsp3) is 0.478. The minimum atomic E-state index is -0.970. The zero-order valence-electron chi connectivity index (χ0n) is 17.9. The van der Waals surface area contributed by atoms with E-state index in [-0.39, 0.29) is 6.04 Å². The van der Waals surface area contributed by atoms with Gasteiger partial charge < -0.3 is 15.2 Å². The number of nitrogens with zero attached hydrogens (tertiary/aromatic N) is 3. The lowest BCUT2D eigenvalue weighted by molar-refractivity contribution is -0.133. The number of benzene rings is 1. The highest BCUT2D eigenvalue weighted by molar-refractivity contribution is 5.54. The van der Waals surface area contributed by atoms with Gasteiger partial charge in [0.1, 0.15) is 5.82 Å². The molecule has 0 aliphatic heterocycles. The van der Waals surface area contributed by atoms with E-state index in [1.54, 1.807) is 0 Å². The van der Waals surface area contributed by atoms with Crippen molar-refractivity contribution in [2.45, 2.75) is 71.1 Å². The molecule has 1 aliphatic rings. The number of aryl methyl sites for hydroxylation is 1. The zero-order chi connectivity index (χ0) is 21.1. The molecule has 0 spiro atoms. The maximum absolute atomic E-state index is 10.2. The monoisotopic (exact) mass is 409 g/mol. The fourth-order valence-corrected chi connectivity index (χ4v) is 3.96. The number of ether oxygens (including phenoxy) is 1. The lowest BCUT2D eigenvalue weighted by atomic mass is 10.1. The molecule has 4 rings (SSSR count). The second-order valence-electron chi connectivity index (χ2n) is 8.45. The molecule has 3 aromatic rings. The largest absolute Gasteiger partial charge is 0.367 e. The molecule has 0 radical (unpaired) electrons. The van der Waals surface area contributed by atoms with Crippen LogP contribution in [0.2, 0.25) is 0 Å². The van der Waals surface area contributed by atoms with Gasteiger partial charge in [0.2, 0.25) is 6.41 Å². The molecular weight excluding hydrogens is 378 g/mol. The molecule has 1 unspecified atom stereocenters. The third-order valence-electron chi connectivity index (χ3n) is 5.67. The maximum Gasteiger partial charge on any atom is 0.214 e.